The van der Waals surface area contributed by atoms with Crippen molar-refractivity contribution in [2.75, 3.05) is 30.7 Å². The molecule has 0 saturated carbocycles. The third-order valence-corrected chi connectivity index (χ3v) is 5.46. The third kappa shape index (κ3) is 5.70. The summed E-state index contributed by atoms with van der Waals surface area (Å²) in [7, 11) is 0. The zero-order chi connectivity index (χ0) is 19.1. The van der Waals surface area contributed by atoms with E-state index in [-0.39, 0.29) is 18.1 Å². The number of nitrogens with one attached hydrogen (secondary N) is 1. The van der Waals surface area contributed by atoms with E-state index in [2.05, 4.69) is 35.9 Å². The fourth-order valence-corrected chi connectivity index (χ4v) is 4.00. The topological polar surface area (TPSA) is 41.6 Å². The van der Waals surface area contributed by atoms with Gasteiger partial charge in [-0.25, -0.2) is 0 Å². The summed E-state index contributed by atoms with van der Waals surface area (Å²) in [5, 5.41) is 3.06. The standard InChI is InChI=1S/C22H26N2O2S/c1-3-13-27-21-12-8-7-11-19(21)23-22(25)16-24-14-17(2)26-20(15-24)18-9-5-4-6-10-18/h3-12,17,20H,1,13-16H2,2H3,(H,23,25). The number of carbonyl (C=O) groups is 1. The zero-order valence-corrected chi connectivity index (χ0v) is 16.5. The molecule has 1 heterocycles. The number of thioether (sulfide) groups is 1. The lowest BCUT2D eigenvalue weighted by atomic mass is 10.1. The summed E-state index contributed by atoms with van der Waals surface area (Å²) in [6.45, 7) is 7.64. The van der Waals surface area contributed by atoms with Crippen molar-refractivity contribution < 1.29 is 9.53 Å². The average Bonchev–Trinajstić information content (AvgIpc) is 2.67. The van der Waals surface area contributed by atoms with Crippen LogP contribution in [0, 0.1) is 0 Å². The molecule has 2 atom stereocenters. The minimum Gasteiger partial charge on any atom is -0.368 e. The van der Waals surface area contributed by atoms with Crippen LogP contribution in [0.4, 0.5) is 5.69 Å². The minimum atomic E-state index is -0.00168. The van der Waals surface area contributed by atoms with Gasteiger partial charge in [-0.2, -0.15) is 0 Å². The molecule has 3 rings (SSSR count). The minimum absolute atomic E-state index is 0.00168. The SMILES string of the molecule is C=CCSc1ccccc1NC(=O)CN1CC(C)OC(c2ccccc2)C1. The van der Waals surface area contributed by atoms with Gasteiger partial charge in [-0.05, 0) is 24.6 Å². The van der Waals surface area contributed by atoms with E-state index in [1.165, 1.54) is 0 Å². The molecule has 0 radical (unpaired) electrons. The van der Waals surface area contributed by atoms with E-state index in [4.69, 9.17) is 4.74 Å². The smallest absolute Gasteiger partial charge is 0.238 e. The van der Waals surface area contributed by atoms with Gasteiger partial charge in [0, 0.05) is 23.7 Å². The first-order valence-corrected chi connectivity index (χ1v) is 10.2. The van der Waals surface area contributed by atoms with Crippen LogP contribution < -0.4 is 5.32 Å². The Morgan fingerprint density at radius 1 is 1.22 bits per heavy atom. The lowest BCUT2D eigenvalue weighted by Gasteiger charge is -2.36. The molecule has 0 spiro atoms. The van der Waals surface area contributed by atoms with Crippen molar-refractivity contribution in [3.63, 3.8) is 0 Å². The molecule has 0 bridgehead atoms. The Hall–Kier alpha value is -2.08. The van der Waals surface area contributed by atoms with Crippen LogP contribution in [0.25, 0.3) is 0 Å². The fraction of sp³-hybridized carbons (Fsp3) is 0.318. The van der Waals surface area contributed by atoms with E-state index in [1.807, 2.05) is 48.5 Å². The second-order valence-electron chi connectivity index (χ2n) is 6.68. The van der Waals surface area contributed by atoms with Gasteiger partial charge in [0.1, 0.15) is 0 Å². The third-order valence-electron chi connectivity index (χ3n) is 4.39. The number of ether oxygens (including phenoxy) is 1. The van der Waals surface area contributed by atoms with Gasteiger partial charge >= 0.3 is 0 Å². The van der Waals surface area contributed by atoms with E-state index in [1.54, 1.807) is 11.8 Å². The Morgan fingerprint density at radius 3 is 2.74 bits per heavy atom. The van der Waals surface area contributed by atoms with Crippen molar-refractivity contribution in [2.24, 2.45) is 0 Å². The fourth-order valence-electron chi connectivity index (χ4n) is 3.26. The molecule has 2 unspecified atom stereocenters. The predicted octanol–water partition coefficient (Wildman–Crippen LogP) is 4.37. The molecular formula is C22H26N2O2S. The van der Waals surface area contributed by atoms with E-state index in [9.17, 15) is 4.79 Å². The van der Waals surface area contributed by atoms with Crippen molar-refractivity contribution in [3.8, 4) is 0 Å². The second kappa shape index (κ2) is 9.74. The van der Waals surface area contributed by atoms with Gasteiger partial charge in [0.2, 0.25) is 5.91 Å². The maximum absolute atomic E-state index is 12.6. The van der Waals surface area contributed by atoms with Crippen molar-refractivity contribution in [1.29, 1.82) is 0 Å². The van der Waals surface area contributed by atoms with E-state index < -0.39 is 0 Å². The number of hydrogen-bond donors (Lipinski definition) is 1. The molecule has 1 aliphatic rings. The Balaban J connectivity index is 1.61. The molecular weight excluding hydrogens is 356 g/mol. The van der Waals surface area contributed by atoms with Crippen LogP contribution in [0.1, 0.15) is 18.6 Å². The van der Waals surface area contributed by atoms with Crippen molar-refractivity contribution in [2.45, 2.75) is 24.0 Å². The van der Waals surface area contributed by atoms with E-state index in [0.717, 1.165) is 28.4 Å². The summed E-state index contributed by atoms with van der Waals surface area (Å²) in [4.78, 5) is 15.9. The maximum atomic E-state index is 12.6. The molecule has 142 valence electrons. The highest BCUT2D eigenvalue weighted by atomic mass is 32.2. The Kier molecular flexibility index (Phi) is 7.10. The number of rotatable bonds is 7. The van der Waals surface area contributed by atoms with Gasteiger partial charge in [-0.3, -0.25) is 9.69 Å². The number of nitrogens with zero attached hydrogens (tertiary/aromatic N) is 1. The van der Waals surface area contributed by atoms with Gasteiger partial charge in [0.15, 0.2) is 0 Å². The molecule has 1 N–H and O–H groups in total. The number of benzene rings is 2. The maximum Gasteiger partial charge on any atom is 0.238 e. The summed E-state index contributed by atoms with van der Waals surface area (Å²) < 4.78 is 6.08. The monoisotopic (exact) mass is 382 g/mol. The average molecular weight is 383 g/mol. The number of para-hydroxylation sites is 1. The number of hydrogen-bond acceptors (Lipinski definition) is 4. The molecule has 1 fully saturated rings. The van der Waals surface area contributed by atoms with E-state index in [0.29, 0.717) is 13.1 Å². The summed E-state index contributed by atoms with van der Waals surface area (Å²) in [6.07, 6.45) is 1.95. The number of carbonyl (C=O) groups excluding carboxylic acids is 1. The summed E-state index contributed by atoms with van der Waals surface area (Å²) in [5.41, 5.74) is 2.01. The molecule has 2 aromatic rings. The molecule has 1 aliphatic heterocycles. The number of anilines is 1. The van der Waals surface area contributed by atoms with Gasteiger partial charge in [-0.15, -0.1) is 18.3 Å². The number of amides is 1. The first kappa shape index (κ1) is 19.7. The van der Waals surface area contributed by atoms with Crippen molar-refractivity contribution in [1.82, 2.24) is 4.90 Å². The Bertz CT molecular complexity index is 766. The first-order valence-electron chi connectivity index (χ1n) is 9.21. The highest BCUT2D eigenvalue weighted by Crippen LogP contribution is 2.28. The molecule has 1 saturated heterocycles. The molecule has 0 aromatic heterocycles. The van der Waals surface area contributed by atoms with E-state index >= 15 is 0 Å². The lowest BCUT2D eigenvalue weighted by Crippen LogP contribution is -2.46. The summed E-state index contributed by atoms with van der Waals surface area (Å²) in [5.74, 6) is 0.814. The van der Waals surface area contributed by atoms with Gasteiger partial charge in [-0.1, -0.05) is 48.5 Å². The van der Waals surface area contributed by atoms with Crippen LogP contribution >= 0.6 is 11.8 Å². The van der Waals surface area contributed by atoms with Crippen LogP contribution in [0.5, 0.6) is 0 Å². The van der Waals surface area contributed by atoms with Crippen LogP contribution in [0.15, 0.2) is 72.1 Å². The largest absolute Gasteiger partial charge is 0.368 e. The predicted molar refractivity (Wildman–Crippen MR) is 112 cm³/mol. The molecule has 0 aliphatic carbocycles. The van der Waals surface area contributed by atoms with Crippen LogP contribution in [0.2, 0.25) is 0 Å². The molecule has 2 aromatic carbocycles. The van der Waals surface area contributed by atoms with Gasteiger partial charge < -0.3 is 10.1 Å². The zero-order valence-electron chi connectivity index (χ0n) is 15.6. The van der Waals surface area contributed by atoms with Crippen LogP contribution in [-0.4, -0.2) is 42.3 Å². The van der Waals surface area contributed by atoms with Gasteiger partial charge in [0.25, 0.3) is 0 Å². The molecule has 1 amide bonds. The first-order chi connectivity index (χ1) is 13.2. The summed E-state index contributed by atoms with van der Waals surface area (Å²) >= 11 is 1.67. The molecule has 4 nitrogen and oxygen atoms in total. The van der Waals surface area contributed by atoms with Gasteiger partial charge in [0.05, 0.1) is 24.4 Å². The van der Waals surface area contributed by atoms with Crippen molar-refractivity contribution in [3.05, 3.63) is 72.8 Å². The Labute approximate surface area is 165 Å². The quantitative estimate of drug-likeness (QED) is 0.570. The molecule has 5 heteroatoms. The van der Waals surface area contributed by atoms with Crippen LogP contribution in [-0.2, 0) is 9.53 Å². The second-order valence-corrected chi connectivity index (χ2v) is 7.75. The number of morpholine rings is 1. The molecule has 27 heavy (non-hydrogen) atoms. The summed E-state index contributed by atoms with van der Waals surface area (Å²) in [6, 6.07) is 18.1. The highest BCUT2D eigenvalue weighted by molar-refractivity contribution is 7.99. The lowest BCUT2D eigenvalue weighted by molar-refractivity contribution is -0.122. The van der Waals surface area contributed by atoms with Crippen LogP contribution in [0.3, 0.4) is 0 Å². The normalized spacial score (nSPS) is 20.2. The highest BCUT2D eigenvalue weighted by Gasteiger charge is 2.27. The Morgan fingerprint density at radius 2 is 1.96 bits per heavy atom. The van der Waals surface area contributed by atoms with Crippen molar-refractivity contribution >= 4 is 23.4 Å².